The van der Waals surface area contributed by atoms with E-state index in [9.17, 15) is 9.59 Å². The molecule has 0 spiro atoms. The van der Waals surface area contributed by atoms with E-state index in [1.165, 1.54) is 7.11 Å². The fourth-order valence-electron chi connectivity index (χ4n) is 5.45. The summed E-state index contributed by atoms with van der Waals surface area (Å²) in [4.78, 5) is 34.2. The van der Waals surface area contributed by atoms with E-state index >= 15 is 0 Å². The van der Waals surface area contributed by atoms with E-state index in [-0.39, 0.29) is 11.3 Å². The van der Waals surface area contributed by atoms with Crippen LogP contribution in [0.1, 0.15) is 47.8 Å². The lowest BCUT2D eigenvalue weighted by Crippen LogP contribution is -2.58. The second kappa shape index (κ2) is 10.3. The van der Waals surface area contributed by atoms with E-state index in [4.69, 9.17) is 9.47 Å². The summed E-state index contributed by atoms with van der Waals surface area (Å²) in [7, 11) is 2.99. The molecule has 0 saturated carbocycles. The first kappa shape index (κ1) is 26.6. The molecule has 1 atom stereocenters. The van der Waals surface area contributed by atoms with E-state index in [1.54, 1.807) is 35.6 Å². The van der Waals surface area contributed by atoms with Crippen molar-refractivity contribution < 1.29 is 19.1 Å². The quantitative estimate of drug-likeness (QED) is 0.262. The van der Waals surface area contributed by atoms with Crippen LogP contribution in [0, 0.1) is 0 Å². The molecular formula is C32H32N2O4S. The largest absolute Gasteiger partial charge is 0.496 e. The highest BCUT2D eigenvalue weighted by molar-refractivity contribution is 7.13. The molecule has 3 aromatic carbocycles. The van der Waals surface area contributed by atoms with Crippen LogP contribution in [0.15, 0.2) is 78.3 Å². The van der Waals surface area contributed by atoms with Crippen molar-refractivity contribution in [2.45, 2.75) is 44.6 Å². The highest BCUT2D eigenvalue weighted by atomic mass is 32.1. The lowest BCUT2D eigenvalue weighted by atomic mass is 9.85. The summed E-state index contributed by atoms with van der Waals surface area (Å²) in [6.07, 6.45) is 2.41. The molecule has 7 heteroatoms. The van der Waals surface area contributed by atoms with Crippen LogP contribution in [-0.4, -0.2) is 36.6 Å². The highest BCUT2D eigenvalue weighted by Gasteiger charge is 2.53. The lowest BCUT2D eigenvalue weighted by Gasteiger charge is -2.36. The summed E-state index contributed by atoms with van der Waals surface area (Å²) in [5.41, 5.74) is 3.51. The van der Waals surface area contributed by atoms with Crippen molar-refractivity contribution in [3.05, 3.63) is 101 Å². The van der Waals surface area contributed by atoms with Gasteiger partial charge in [-0.25, -0.2) is 9.78 Å². The minimum atomic E-state index is -1.26. The first-order valence-corrected chi connectivity index (χ1v) is 13.7. The number of fused-ring (bicyclic) bond motifs is 1. The maximum absolute atomic E-state index is 14.4. The van der Waals surface area contributed by atoms with Crippen molar-refractivity contribution in [2.24, 2.45) is 0 Å². The number of aromatic nitrogens is 1. The molecule has 0 bridgehead atoms. The highest BCUT2D eigenvalue weighted by Crippen LogP contribution is 2.45. The predicted octanol–water partition coefficient (Wildman–Crippen LogP) is 6.47. The van der Waals surface area contributed by atoms with Gasteiger partial charge in [0.15, 0.2) is 5.54 Å². The summed E-state index contributed by atoms with van der Waals surface area (Å²) in [5.74, 6) is -0.0977. The third-order valence-electron chi connectivity index (χ3n) is 7.27. The Hall–Kier alpha value is -3.97. The van der Waals surface area contributed by atoms with Crippen molar-refractivity contribution in [3.8, 4) is 16.3 Å². The molecular weight excluding hydrogens is 508 g/mol. The zero-order chi connectivity index (χ0) is 27.8. The van der Waals surface area contributed by atoms with E-state index in [2.05, 4.69) is 25.8 Å². The first-order valence-electron chi connectivity index (χ1n) is 12.9. The smallest absolute Gasteiger partial charge is 0.332 e. The number of carbonyl (C=O) groups is 2. The van der Waals surface area contributed by atoms with Crippen LogP contribution in [0.3, 0.4) is 0 Å². The lowest BCUT2D eigenvalue weighted by molar-refractivity contribution is -0.146. The van der Waals surface area contributed by atoms with Crippen molar-refractivity contribution in [1.82, 2.24) is 4.98 Å². The van der Waals surface area contributed by atoms with Gasteiger partial charge in [0, 0.05) is 41.2 Å². The molecule has 6 nitrogen and oxygen atoms in total. The number of esters is 1. The van der Waals surface area contributed by atoms with Gasteiger partial charge in [0.2, 0.25) is 0 Å². The Labute approximate surface area is 233 Å². The molecule has 5 rings (SSSR count). The topological polar surface area (TPSA) is 68.7 Å². The number of rotatable bonds is 6. The number of carbonyl (C=O) groups excluding carboxylic acids is 2. The zero-order valence-electron chi connectivity index (χ0n) is 22.9. The Bertz CT molecular complexity index is 1510. The van der Waals surface area contributed by atoms with Gasteiger partial charge in [-0.1, -0.05) is 57.2 Å². The predicted molar refractivity (Wildman–Crippen MR) is 155 cm³/mol. The first-order chi connectivity index (χ1) is 18.7. The van der Waals surface area contributed by atoms with Crippen LogP contribution < -0.4 is 9.64 Å². The molecule has 200 valence electrons. The average molecular weight is 541 g/mol. The summed E-state index contributed by atoms with van der Waals surface area (Å²) in [6.45, 7) is 6.31. The molecule has 39 heavy (non-hydrogen) atoms. The number of hydrogen-bond donors (Lipinski definition) is 0. The van der Waals surface area contributed by atoms with Crippen LogP contribution >= 0.6 is 11.3 Å². The number of thiazole rings is 1. The van der Waals surface area contributed by atoms with Crippen LogP contribution in [-0.2, 0) is 27.8 Å². The van der Waals surface area contributed by atoms with Gasteiger partial charge in [0.25, 0.3) is 5.91 Å². The van der Waals surface area contributed by atoms with Gasteiger partial charge < -0.3 is 9.47 Å². The third-order valence-corrected chi connectivity index (χ3v) is 8.10. The molecule has 1 amide bonds. The molecule has 4 aromatic rings. The molecule has 0 aliphatic carbocycles. The summed E-state index contributed by atoms with van der Waals surface area (Å²) in [6, 6.07) is 21.2. The van der Waals surface area contributed by atoms with Crippen LogP contribution in [0.25, 0.3) is 10.6 Å². The summed E-state index contributed by atoms with van der Waals surface area (Å²) < 4.78 is 11.1. The maximum atomic E-state index is 14.4. The number of methoxy groups -OCH3 is 2. The van der Waals surface area contributed by atoms with Gasteiger partial charge in [-0.3, -0.25) is 9.69 Å². The van der Waals surface area contributed by atoms with Crippen molar-refractivity contribution in [1.29, 1.82) is 0 Å². The van der Waals surface area contributed by atoms with Gasteiger partial charge in [0.05, 0.1) is 14.2 Å². The fourth-order valence-corrected chi connectivity index (χ4v) is 6.08. The van der Waals surface area contributed by atoms with Gasteiger partial charge >= 0.3 is 5.97 Å². The number of benzene rings is 3. The molecule has 2 heterocycles. The second-order valence-corrected chi connectivity index (χ2v) is 11.7. The van der Waals surface area contributed by atoms with E-state index in [1.807, 2.05) is 66.0 Å². The van der Waals surface area contributed by atoms with Gasteiger partial charge in [-0.2, -0.15) is 0 Å². The Morgan fingerprint density at radius 1 is 1.03 bits per heavy atom. The summed E-state index contributed by atoms with van der Waals surface area (Å²) in [5, 5.41) is 2.82. The zero-order valence-corrected chi connectivity index (χ0v) is 23.7. The minimum Gasteiger partial charge on any atom is -0.496 e. The SMILES string of the molecule is COC(=O)C1(Cc2ccccc2)Cc2cc(-c3nccs3)ccc2N1C(=O)c1ccc(C(C)(C)C)c(OC)c1. The Morgan fingerprint density at radius 2 is 1.79 bits per heavy atom. The monoisotopic (exact) mass is 540 g/mol. The minimum absolute atomic E-state index is 0.164. The normalized spacial score (nSPS) is 16.6. The number of anilines is 1. The molecule has 0 N–H and O–H groups in total. The van der Waals surface area contributed by atoms with Gasteiger partial charge in [-0.15, -0.1) is 11.3 Å². The number of nitrogens with zero attached hydrogens (tertiary/aromatic N) is 2. The molecule has 1 unspecified atom stereocenters. The maximum Gasteiger partial charge on any atom is 0.332 e. The average Bonchev–Trinajstić information content (AvgIpc) is 3.58. The van der Waals surface area contributed by atoms with Gasteiger partial charge in [0.1, 0.15) is 10.8 Å². The van der Waals surface area contributed by atoms with Crippen molar-refractivity contribution in [3.63, 3.8) is 0 Å². The number of hydrogen-bond acceptors (Lipinski definition) is 6. The van der Waals surface area contributed by atoms with E-state index in [0.717, 1.165) is 27.3 Å². The molecule has 1 aromatic heterocycles. The number of amides is 1. The summed E-state index contributed by atoms with van der Waals surface area (Å²) >= 11 is 1.55. The van der Waals surface area contributed by atoms with Gasteiger partial charge in [-0.05, 0) is 52.4 Å². The molecule has 0 fully saturated rings. The van der Waals surface area contributed by atoms with Crippen LogP contribution in [0.5, 0.6) is 5.75 Å². The molecule has 1 aliphatic rings. The Morgan fingerprint density at radius 3 is 2.44 bits per heavy atom. The molecule has 1 aliphatic heterocycles. The second-order valence-electron chi connectivity index (χ2n) is 10.8. The third kappa shape index (κ3) is 4.83. The standard InChI is InChI=1S/C32H32N2O4S/c1-31(2,3)25-13-11-23(18-27(25)37-4)29(35)34-26-14-12-22(28-33-15-16-39-28)17-24(26)20-32(34,30(36)38-5)19-21-9-7-6-8-10-21/h6-18H,19-20H2,1-5H3. The fraction of sp³-hybridized carbons (Fsp3) is 0.281. The van der Waals surface area contributed by atoms with Crippen LogP contribution in [0.2, 0.25) is 0 Å². The van der Waals surface area contributed by atoms with Crippen molar-refractivity contribution >= 4 is 28.9 Å². The molecule has 0 saturated heterocycles. The Kier molecular flexibility index (Phi) is 7.03. The van der Waals surface area contributed by atoms with Crippen molar-refractivity contribution in [2.75, 3.05) is 19.1 Å². The number of ether oxygens (including phenoxy) is 2. The molecule has 0 radical (unpaired) electrons. The van der Waals surface area contributed by atoms with E-state index in [0.29, 0.717) is 29.8 Å². The van der Waals surface area contributed by atoms with E-state index < -0.39 is 11.5 Å². The van der Waals surface area contributed by atoms with Crippen LogP contribution in [0.4, 0.5) is 5.69 Å². The Balaban J connectivity index is 1.67.